The maximum atomic E-state index is 11.7. The van der Waals surface area contributed by atoms with Gasteiger partial charge in [-0.1, -0.05) is 6.42 Å². The first-order valence-electron chi connectivity index (χ1n) is 7.09. The van der Waals surface area contributed by atoms with Gasteiger partial charge in [0.2, 0.25) is 0 Å². The average molecular weight is 238 g/mol. The minimum absolute atomic E-state index is 0.472. The molecule has 2 bridgehead atoms. The molecule has 98 valence electrons. The molecule has 2 saturated heterocycles. The van der Waals surface area contributed by atoms with E-state index < -0.39 is 0 Å². The van der Waals surface area contributed by atoms with E-state index in [2.05, 4.69) is 37.7 Å². The fourth-order valence-corrected chi connectivity index (χ4v) is 3.66. The zero-order chi connectivity index (χ0) is 12.6. The predicted octanol–water partition coefficient (Wildman–Crippen LogP) is 2.61. The maximum Gasteiger partial charge on any atom is 0.136 e. The molecule has 0 spiro atoms. The number of hydrogen-bond acceptors (Lipinski definition) is 3. The van der Waals surface area contributed by atoms with Crippen molar-refractivity contribution in [2.45, 2.75) is 84.0 Å². The lowest BCUT2D eigenvalue weighted by molar-refractivity contribution is -0.172. The van der Waals surface area contributed by atoms with Crippen LogP contribution in [0.1, 0.15) is 59.8 Å². The Bertz CT molecular complexity index is 264. The van der Waals surface area contributed by atoms with Crippen molar-refractivity contribution in [1.29, 1.82) is 0 Å². The number of nitrogens with zero attached hydrogens (tertiary/aromatic N) is 2. The molecule has 0 N–H and O–H groups in total. The summed E-state index contributed by atoms with van der Waals surface area (Å²) in [5, 5.41) is 5.06. The van der Waals surface area contributed by atoms with Gasteiger partial charge in [0.1, 0.15) is 5.78 Å². The second-order valence-corrected chi connectivity index (χ2v) is 6.13. The fourth-order valence-electron chi connectivity index (χ4n) is 3.66. The van der Waals surface area contributed by atoms with Crippen molar-refractivity contribution < 1.29 is 4.79 Å². The van der Waals surface area contributed by atoms with Crippen LogP contribution < -0.4 is 0 Å². The minimum atomic E-state index is 0.472. The summed E-state index contributed by atoms with van der Waals surface area (Å²) >= 11 is 0. The molecule has 2 rings (SSSR count). The summed E-state index contributed by atoms with van der Waals surface area (Å²) in [7, 11) is 0. The first-order chi connectivity index (χ1) is 8.00. The van der Waals surface area contributed by atoms with Crippen molar-refractivity contribution in [2.75, 3.05) is 0 Å². The Morgan fingerprint density at radius 1 is 1.06 bits per heavy atom. The number of hydrogen-bond donors (Lipinski definition) is 0. The van der Waals surface area contributed by atoms with Crippen molar-refractivity contribution in [3.05, 3.63) is 0 Å². The molecule has 0 saturated carbocycles. The van der Waals surface area contributed by atoms with E-state index in [-0.39, 0.29) is 0 Å². The second kappa shape index (κ2) is 5.07. The first kappa shape index (κ1) is 13.0. The number of carbonyl (C=O) groups is 1. The van der Waals surface area contributed by atoms with E-state index in [1.54, 1.807) is 0 Å². The standard InChI is InChI=1S/C14H26N2O/c1-10(2)15(11(3)4)16-12-6-5-7-13(16)9-14(17)8-12/h10-13H,5-9H2,1-4H3. The molecule has 0 aliphatic carbocycles. The van der Waals surface area contributed by atoms with Gasteiger partial charge in [-0.3, -0.25) is 4.79 Å². The molecule has 2 aliphatic rings. The van der Waals surface area contributed by atoms with Crippen LogP contribution in [0.2, 0.25) is 0 Å². The highest BCUT2D eigenvalue weighted by Crippen LogP contribution is 2.35. The van der Waals surface area contributed by atoms with E-state index in [1.807, 2.05) is 0 Å². The van der Waals surface area contributed by atoms with Gasteiger partial charge in [0, 0.05) is 37.0 Å². The zero-order valence-electron chi connectivity index (χ0n) is 11.6. The summed E-state index contributed by atoms with van der Waals surface area (Å²) in [6, 6.07) is 1.98. The molecule has 0 radical (unpaired) electrons. The molecular formula is C14H26N2O. The van der Waals surface area contributed by atoms with Crippen LogP contribution in [0.25, 0.3) is 0 Å². The summed E-state index contributed by atoms with van der Waals surface area (Å²) in [5.74, 6) is 0.475. The molecule has 2 fully saturated rings. The van der Waals surface area contributed by atoms with Crippen LogP contribution in [0.5, 0.6) is 0 Å². The first-order valence-corrected chi connectivity index (χ1v) is 7.09. The maximum absolute atomic E-state index is 11.7. The Labute approximate surface area is 105 Å². The molecule has 0 amide bonds. The van der Waals surface area contributed by atoms with Gasteiger partial charge in [0.15, 0.2) is 0 Å². The van der Waals surface area contributed by atoms with Gasteiger partial charge in [-0.15, -0.1) is 0 Å². The third-order valence-electron chi connectivity index (χ3n) is 4.07. The smallest absolute Gasteiger partial charge is 0.136 e. The molecule has 0 aromatic carbocycles. The zero-order valence-corrected chi connectivity index (χ0v) is 11.6. The lowest BCUT2D eigenvalue weighted by Crippen LogP contribution is -2.63. The number of piperidine rings is 2. The largest absolute Gasteiger partial charge is 0.300 e. The molecule has 2 atom stereocenters. The molecule has 2 heterocycles. The number of ketones is 1. The highest BCUT2D eigenvalue weighted by atomic mass is 16.1. The van der Waals surface area contributed by atoms with Crippen LogP contribution in [0.3, 0.4) is 0 Å². The minimum Gasteiger partial charge on any atom is -0.300 e. The number of rotatable bonds is 3. The lowest BCUT2D eigenvalue weighted by atomic mass is 9.85. The molecule has 17 heavy (non-hydrogen) atoms. The summed E-state index contributed by atoms with van der Waals surface area (Å²) in [5.41, 5.74) is 0. The highest BCUT2D eigenvalue weighted by Gasteiger charge is 2.41. The van der Waals surface area contributed by atoms with Crippen LogP contribution in [-0.4, -0.2) is 40.0 Å². The average Bonchev–Trinajstić information content (AvgIpc) is 2.17. The van der Waals surface area contributed by atoms with Crippen LogP contribution in [0.15, 0.2) is 0 Å². The Kier molecular flexibility index (Phi) is 3.88. The predicted molar refractivity (Wildman–Crippen MR) is 69.6 cm³/mol. The Morgan fingerprint density at radius 3 is 1.94 bits per heavy atom. The van der Waals surface area contributed by atoms with Crippen molar-refractivity contribution in [1.82, 2.24) is 10.0 Å². The quantitative estimate of drug-likeness (QED) is 0.755. The van der Waals surface area contributed by atoms with E-state index in [0.717, 1.165) is 12.8 Å². The Balaban J connectivity index is 2.20. The topological polar surface area (TPSA) is 23.6 Å². The van der Waals surface area contributed by atoms with Crippen molar-refractivity contribution in [3.8, 4) is 0 Å². The Hall–Kier alpha value is -0.410. The molecule has 2 aliphatic heterocycles. The summed E-state index contributed by atoms with van der Waals surface area (Å²) < 4.78 is 0. The van der Waals surface area contributed by atoms with Crippen molar-refractivity contribution in [3.63, 3.8) is 0 Å². The van der Waals surface area contributed by atoms with Crippen LogP contribution in [0.4, 0.5) is 0 Å². The van der Waals surface area contributed by atoms with Gasteiger partial charge in [-0.2, -0.15) is 0 Å². The number of hydrazine groups is 1. The van der Waals surface area contributed by atoms with Gasteiger partial charge < -0.3 is 0 Å². The van der Waals surface area contributed by atoms with Crippen LogP contribution >= 0.6 is 0 Å². The normalized spacial score (nSPS) is 30.6. The molecule has 2 unspecified atom stereocenters. The Morgan fingerprint density at radius 2 is 1.53 bits per heavy atom. The van der Waals surface area contributed by atoms with E-state index in [1.165, 1.54) is 19.3 Å². The van der Waals surface area contributed by atoms with E-state index in [4.69, 9.17) is 0 Å². The van der Waals surface area contributed by atoms with E-state index in [9.17, 15) is 4.79 Å². The van der Waals surface area contributed by atoms with Gasteiger partial charge in [-0.25, -0.2) is 10.0 Å². The number of carbonyl (C=O) groups excluding carboxylic acids is 1. The van der Waals surface area contributed by atoms with Gasteiger partial charge in [0.05, 0.1) is 0 Å². The third-order valence-corrected chi connectivity index (χ3v) is 4.07. The van der Waals surface area contributed by atoms with Gasteiger partial charge in [-0.05, 0) is 40.5 Å². The monoisotopic (exact) mass is 238 g/mol. The van der Waals surface area contributed by atoms with Crippen molar-refractivity contribution >= 4 is 5.78 Å². The molecular weight excluding hydrogens is 212 g/mol. The van der Waals surface area contributed by atoms with Gasteiger partial charge in [0.25, 0.3) is 0 Å². The summed E-state index contributed by atoms with van der Waals surface area (Å²) in [6.07, 6.45) is 5.22. The summed E-state index contributed by atoms with van der Waals surface area (Å²) in [4.78, 5) is 11.7. The van der Waals surface area contributed by atoms with Gasteiger partial charge >= 0.3 is 0 Å². The summed E-state index contributed by atoms with van der Waals surface area (Å²) in [6.45, 7) is 9.02. The second-order valence-electron chi connectivity index (χ2n) is 6.13. The number of fused-ring (bicyclic) bond motifs is 2. The highest BCUT2D eigenvalue weighted by molar-refractivity contribution is 5.80. The number of Topliss-reactive ketones (excluding diaryl/α,β-unsaturated/α-hetero) is 1. The SMILES string of the molecule is CC(C)N(C(C)C)N1C2CCCC1CC(=O)C2. The molecule has 3 heteroatoms. The van der Waals surface area contributed by atoms with E-state index >= 15 is 0 Å². The van der Waals surface area contributed by atoms with Crippen LogP contribution in [-0.2, 0) is 4.79 Å². The van der Waals surface area contributed by atoms with Crippen molar-refractivity contribution in [2.24, 2.45) is 0 Å². The van der Waals surface area contributed by atoms with Crippen LogP contribution in [0, 0.1) is 0 Å². The van der Waals surface area contributed by atoms with E-state index in [0.29, 0.717) is 30.0 Å². The molecule has 0 aromatic heterocycles. The fraction of sp³-hybridized carbons (Fsp3) is 0.929. The molecule has 3 nitrogen and oxygen atoms in total. The third kappa shape index (κ3) is 2.55. The lowest BCUT2D eigenvalue weighted by Gasteiger charge is -2.53. The molecule has 0 aromatic rings.